The molecule has 0 saturated heterocycles. The number of carbonyl (C=O) groups excluding carboxylic acids is 1. The van der Waals surface area contributed by atoms with Crippen LogP contribution in [0.3, 0.4) is 0 Å². The number of rotatable bonds is 5. The average Bonchev–Trinajstić information content (AvgIpc) is 2.45. The Balaban J connectivity index is 2.01. The van der Waals surface area contributed by atoms with Crippen molar-refractivity contribution in [2.75, 3.05) is 33.0 Å². The number of fused-ring (bicyclic) bond motifs is 1. The van der Waals surface area contributed by atoms with E-state index in [1.165, 1.54) is 7.05 Å². The van der Waals surface area contributed by atoms with E-state index in [4.69, 9.17) is 4.74 Å². The van der Waals surface area contributed by atoms with E-state index in [2.05, 4.69) is 5.32 Å². The molecule has 1 unspecified atom stereocenters. The zero-order valence-corrected chi connectivity index (χ0v) is 13.4. The van der Waals surface area contributed by atoms with Gasteiger partial charge in [0.1, 0.15) is 11.4 Å². The maximum Gasteiger partial charge on any atom is 0.235 e. The first-order chi connectivity index (χ1) is 10.2. The Morgan fingerprint density at radius 1 is 1.45 bits per heavy atom. The van der Waals surface area contributed by atoms with Crippen LogP contribution >= 0.6 is 0 Å². The van der Waals surface area contributed by atoms with Gasteiger partial charge in [-0.2, -0.15) is 4.31 Å². The second-order valence-corrected chi connectivity index (χ2v) is 7.51. The van der Waals surface area contributed by atoms with Crippen LogP contribution in [-0.4, -0.2) is 56.7 Å². The molecule has 1 amide bonds. The van der Waals surface area contributed by atoms with Gasteiger partial charge in [0.05, 0.1) is 26.0 Å². The Bertz CT molecular complexity index is 661. The Hall–Kier alpha value is -1.64. The normalized spacial score (nSPS) is 21.1. The number of aliphatic hydroxyl groups is 1. The highest BCUT2D eigenvalue weighted by atomic mass is 32.2. The number of nitrogens with one attached hydrogen (secondary N) is 1. The van der Waals surface area contributed by atoms with Crippen molar-refractivity contribution in [2.24, 2.45) is 0 Å². The number of ether oxygens (including phenoxy) is 1. The van der Waals surface area contributed by atoms with Crippen molar-refractivity contribution in [1.82, 2.24) is 9.62 Å². The minimum absolute atomic E-state index is 0.00378. The monoisotopic (exact) mass is 328 g/mol. The molecule has 0 bridgehead atoms. The summed E-state index contributed by atoms with van der Waals surface area (Å²) in [6.45, 7) is 0.0729. The first-order valence-corrected chi connectivity index (χ1v) is 8.70. The summed E-state index contributed by atoms with van der Waals surface area (Å²) in [6, 6.07) is 7.12. The Kier molecular flexibility index (Phi) is 4.74. The van der Waals surface area contributed by atoms with Crippen LogP contribution in [0.2, 0.25) is 0 Å². The fraction of sp³-hybridized carbons (Fsp3) is 0.500. The van der Waals surface area contributed by atoms with E-state index in [9.17, 15) is 18.3 Å². The number of para-hydroxylation sites is 1. The van der Waals surface area contributed by atoms with Gasteiger partial charge in [0.15, 0.2) is 0 Å². The first kappa shape index (κ1) is 16.7. The lowest BCUT2D eigenvalue weighted by atomic mass is 9.88. The summed E-state index contributed by atoms with van der Waals surface area (Å²) in [5.74, 6) is 0.129. The number of sulfonamides is 1. The minimum Gasteiger partial charge on any atom is -0.493 e. The molecule has 1 heterocycles. The van der Waals surface area contributed by atoms with Gasteiger partial charge in [0.2, 0.25) is 15.9 Å². The maximum absolute atomic E-state index is 11.8. The maximum atomic E-state index is 11.8. The van der Waals surface area contributed by atoms with Crippen molar-refractivity contribution in [3.63, 3.8) is 0 Å². The summed E-state index contributed by atoms with van der Waals surface area (Å²) in [5.41, 5.74) is -0.591. The third kappa shape index (κ3) is 3.76. The molecule has 8 heteroatoms. The van der Waals surface area contributed by atoms with Gasteiger partial charge in [0.25, 0.3) is 0 Å². The van der Waals surface area contributed by atoms with Gasteiger partial charge in [0, 0.05) is 19.0 Å². The third-order valence-electron chi connectivity index (χ3n) is 3.67. The Labute approximate surface area is 129 Å². The van der Waals surface area contributed by atoms with Crippen LogP contribution in [0, 0.1) is 0 Å². The van der Waals surface area contributed by atoms with Gasteiger partial charge >= 0.3 is 0 Å². The van der Waals surface area contributed by atoms with Crippen molar-refractivity contribution < 1.29 is 23.1 Å². The lowest BCUT2D eigenvalue weighted by molar-refractivity contribution is -0.122. The van der Waals surface area contributed by atoms with Crippen LogP contribution < -0.4 is 10.1 Å². The molecule has 1 aliphatic heterocycles. The Morgan fingerprint density at radius 2 is 2.14 bits per heavy atom. The smallest absolute Gasteiger partial charge is 0.235 e. The average molecular weight is 328 g/mol. The fourth-order valence-corrected chi connectivity index (χ4v) is 2.60. The molecule has 22 heavy (non-hydrogen) atoms. The SMILES string of the molecule is CN(CC(=O)NCC1(O)CCOc2ccccc21)S(C)(=O)=O. The van der Waals surface area contributed by atoms with Crippen molar-refractivity contribution in [2.45, 2.75) is 12.0 Å². The van der Waals surface area contributed by atoms with Crippen molar-refractivity contribution in [3.05, 3.63) is 29.8 Å². The van der Waals surface area contributed by atoms with Crippen molar-refractivity contribution >= 4 is 15.9 Å². The zero-order chi connectivity index (χ0) is 16.4. The quantitative estimate of drug-likeness (QED) is 0.771. The zero-order valence-electron chi connectivity index (χ0n) is 12.6. The second kappa shape index (κ2) is 6.23. The molecule has 0 aliphatic carbocycles. The second-order valence-electron chi connectivity index (χ2n) is 5.42. The number of likely N-dealkylation sites (N-methyl/N-ethyl adjacent to an activating group) is 1. The van der Waals surface area contributed by atoms with Crippen LogP contribution in [0.5, 0.6) is 5.75 Å². The number of carbonyl (C=O) groups is 1. The van der Waals surface area contributed by atoms with Gasteiger partial charge in [-0.1, -0.05) is 18.2 Å². The summed E-state index contributed by atoms with van der Waals surface area (Å²) < 4.78 is 29.0. The number of nitrogens with zero attached hydrogens (tertiary/aromatic N) is 1. The summed E-state index contributed by atoms with van der Waals surface area (Å²) >= 11 is 0. The van der Waals surface area contributed by atoms with Crippen LogP contribution in [0.1, 0.15) is 12.0 Å². The predicted octanol–water partition coefficient (Wildman–Crippen LogP) is -0.336. The summed E-state index contributed by atoms with van der Waals surface area (Å²) in [6.07, 6.45) is 1.38. The van der Waals surface area contributed by atoms with E-state index in [1.54, 1.807) is 18.2 Å². The molecule has 0 aromatic heterocycles. The highest BCUT2D eigenvalue weighted by molar-refractivity contribution is 7.88. The minimum atomic E-state index is -3.41. The molecule has 122 valence electrons. The molecule has 0 radical (unpaired) electrons. The standard InChI is InChI=1S/C14H20N2O5S/c1-16(22(2,19)20)9-13(17)15-10-14(18)7-8-21-12-6-4-3-5-11(12)14/h3-6,18H,7-10H2,1-2H3,(H,15,17). The van der Waals surface area contributed by atoms with Crippen molar-refractivity contribution in [3.8, 4) is 5.75 Å². The predicted molar refractivity (Wildman–Crippen MR) is 80.9 cm³/mol. The fourth-order valence-electron chi connectivity index (χ4n) is 2.25. The number of hydrogen-bond donors (Lipinski definition) is 2. The van der Waals surface area contributed by atoms with E-state index in [0.717, 1.165) is 10.6 Å². The Morgan fingerprint density at radius 3 is 2.82 bits per heavy atom. The van der Waals surface area contributed by atoms with Gasteiger partial charge in [-0.05, 0) is 6.07 Å². The van der Waals surface area contributed by atoms with Gasteiger partial charge in [-0.15, -0.1) is 0 Å². The molecule has 1 aromatic rings. The summed E-state index contributed by atoms with van der Waals surface area (Å²) in [5, 5.41) is 13.3. The topological polar surface area (TPSA) is 95.9 Å². The number of amides is 1. The van der Waals surface area contributed by atoms with Gasteiger partial charge in [-0.3, -0.25) is 4.79 Å². The van der Waals surface area contributed by atoms with Gasteiger partial charge < -0.3 is 15.2 Å². The van der Waals surface area contributed by atoms with Crippen LogP contribution in [-0.2, 0) is 20.4 Å². The van der Waals surface area contributed by atoms with Crippen LogP contribution in [0.15, 0.2) is 24.3 Å². The van der Waals surface area contributed by atoms with E-state index in [-0.39, 0.29) is 13.1 Å². The number of hydrogen-bond acceptors (Lipinski definition) is 5. The van der Waals surface area contributed by atoms with Crippen molar-refractivity contribution in [1.29, 1.82) is 0 Å². The first-order valence-electron chi connectivity index (χ1n) is 6.85. The molecular weight excluding hydrogens is 308 g/mol. The molecule has 7 nitrogen and oxygen atoms in total. The molecule has 1 atom stereocenters. The van der Waals surface area contributed by atoms with E-state index in [1.807, 2.05) is 6.07 Å². The lowest BCUT2D eigenvalue weighted by Crippen LogP contribution is -2.46. The molecule has 0 saturated carbocycles. The molecule has 2 N–H and O–H groups in total. The van der Waals surface area contributed by atoms with E-state index < -0.39 is 21.5 Å². The molecular formula is C14H20N2O5S. The van der Waals surface area contributed by atoms with E-state index in [0.29, 0.717) is 24.3 Å². The summed E-state index contributed by atoms with van der Waals surface area (Å²) in [7, 11) is -2.09. The van der Waals surface area contributed by atoms with Crippen LogP contribution in [0.4, 0.5) is 0 Å². The molecule has 1 aliphatic rings. The highest BCUT2D eigenvalue weighted by Crippen LogP contribution is 2.36. The number of benzene rings is 1. The highest BCUT2D eigenvalue weighted by Gasteiger charge is 2.35. The molecule has 1 aromatic carbocycles. The molecule has 0 spiro atoms. The molecule has 2 rings (SSSR count). The van der Waals surface area contributed by atoms with E-state index >= 15 is 0 Å². The third-order valence-corrected chi connectivity index (χ3v) is 4.93. The molecule has 0 fully saturated rings. The summed E-state index contributed by atoms with van der Waals surface area (Å²) in [4.78, 5) is 11.8. The largest absolute Gasteiger partial charge is 0.493 e. The van der Waals surface area contributed by atoms with Gasteiger partial charge in [-0.25, -0.2) is 8.42 Å². The lowest BCUT2D eigenvalue weighted by Gasteiger charge is -2.34. The van der Waals surface area contributed by atoms with Crippen LogP contribution in [0.25, 0.3) is 0 Å².